The molecule has 0 heterocycles. The predicted octanol–water partition coefficient (Wildman–Crippen LogP) is 3.51. The minimum Gasteiger partial charge on any atom is -0.493 e. The summed E-state index contributed by atoms with van der Waals surface area (Å²) in [5.41, 5.74) is 3.41. The summed E-state index contributed by atoms with van der Waals surface area (Å²) in [6, 6.07) is 7.62. The smallest absolute Gasteiger partial charge is 0.240 e. The monoisotopic (exact) mass is 276 g/mol. The molecule has 0 aliphatic heterocycles. The van der Waals surface area contributed by atoms with Crippen LogP contribution < -0.4 is 10.2 Å². The molecule has 0 aliphatic carbocycles. The number of nitrogens with one attached hydrogen (secondary N) is 1. The van der Waals surface area contributed by atoms with Gasteiger partial charge < -0.3 is 4.74 Å². The summed E-state index contributed by atoms with van der Waals surface area (Å²) >= 11 is 0. The van der Waals surface area contributed by atoms with Crippen molar-refractivity contribution in [2.24, 2.45) is 5.10 Å². The lowest BCUT2D eigenvalue weighted by atomic mass is 10.1. The van der Waals surface area contributed by atoms with E-state index in [4.69, 9.17) is 4.74 Å². The average Bonchev–Trinajstić information content (AvgIpc) is 2.46. The van der Waals surface area contributed by atoms with Gasteiger partial charge in [-0.3, -0.25) is 4.79 Å². The average molecular weight is 276 g/mol. The van der Waals surface area contributed by atoms with Gasteiger partial charge in [0.1, 0.15) is 5.75 Å². The summed E-state index contributed by atoms with van der Waals surface area (Å²) in [5.74, 6) is 0.738. The first-order valence-electron chi connectivity index (χ1n) is 7.31. The molecular weight excluding hydrogens is 252 g/mol. The van der Waals surface area contributed by atoms with Crippen molar-refractivity contribution in [2.45, 2.75) is 46.0 Å². The maximum absolute atomic E-state index is 11.6. The molecule has 0 saturated heterocycles. The van der Waals surface area contributed by atoms with Crippen molar-refractivity contribution >= 4 is 12.1 Å². The Morgan fingerprint density at radius 3 is 2.80 bits per heavy atom. The van der Waals surface area contributed by atoms with Crippen LogP contribution in [0.2, 0.25) is 0 Å². The zero-order chi connectivity index (χ0) is 14.6. The van der Waals surface area contributed by atoms with Crippen LogP contribution in [0.3, 0.4) is 0 Å². The molecule has 0 unspecified atom stereocenters. The molecule has 1 amide bonds. The normalized spacial score (nSPS) is 10.7. The first-order valence-corrected chi connectivity index (χ1v) is 7.31. The molecule has 0 fully saturated rings. The SMILES string of the molecule is CCCCCCC(=O)N/N=C/c1ccccc1OCC. The Balaban J connectivity index is 2.38. The van der Waals surface area contributed by atoms with Crippen LogP contribution in [0.4, 0.5) is 0 Å². The number of benzene rings is 1. The van der Waals surface area contributed by atoms with Crippen LogP contribution in [0.5, 0.6) is 5.75 Å². The van der Waals surface area contributed by atoms with Gasteiger partial charge in [0.15, 0.2) is 0 Å². The van der Waals surface area contributed by atoms with E-state index < -0.39 is 0 Å². The number of ether oxygens (including phenoxy) is 1. The van der Waals surface area contributed by atoms with E-state index in [-0.39, 0.29) is 5.91 Å². The largest absolute Gasteiger partial charge is 0.493 e. The molecule has 1 aromatic carbocycles. The quantitative estimate of drug-likeness (QED) is 0.426. The van der Waals surface area contributed by atoms with Gasteiger partial charge in [0, 0.05) is 12.0 Å². The third-order valence-corrected chi connectivity index (χ3v) is 2.87. The molecule has 0 radical (unpaired) electrons. The van der Waals surface area contributed by atoms with Gasteiger partial charge in [0.25, 0.3) is 0 Å². The first kappa shape index (κ1) is 16.2. The second kappa shape index (κ2) is 10.0. The van der Waals surface area contributed by atoms with Gasteiger partial charge >= 0.3 is 0 Å². The molecule has 20 heavy (non-hydrogen) atoms. The zero-order valence-corrected chi connectivity index (χ0v) is 12.4. The summed E-state index contributed by atoms with van der Waals surface area (Å²) < 4.78 is 5.48. The molecule has 0 atom stereocenters. The molecule has 4 nitrogen and oxygen atoms in total. The number of amides is 1. The van der Waals surface area contributed by atoms with Crippen LogP contribution >= 0.6 is 0 Å². The highest BCUT2D eigenvalue weighted by molar-refractivity contribution is 5.85. The van der Waals surface area contributed by atoms with Crippen molar-refractivity contribution < 1.29 is 9.53 Å². The number of carbonyl (C=O) groups is 1. The Kier molecular flexibility index (Phi) is 8.11. The highest BCUT2D eigenvalue weighted by Gasteiger charge is 2.00. The molecule has 0 saturated carbocycles. The number of para-hydroxylation sites is 1. The molecule has 0 spiro atoms. The number of rotatable bonds is 9. The molecule has 110 valence electrons. The second-order valence-electron chi connectivity index (χ2n) is 4.57. The molecule has 1 aromatic rings. The van der Waals surface area contributed by atoms with Crippen LogP contribution in [0, 0.1) is 0 Å². The third kappa shape index (κ3) is 6.36. The number of hydrogen-bond acceptors (Lipinski definition) is 3. The van der Waals surface area contributed by atoms with Crippen molar-refractivity contribution in [1.82, 2.24) is 5.43 Å². The van der Waals surface area contributed by atoms with Crippen molar-refractivity contribution in [2.75, 3.05) is 6.61 Å². The molecule has 0 bridgehead atoms. The fourth-order valence-corrected chi connectivity index (χ4v) is 1.82. The Labute approximate surface area is 121 Å². The Morgan fingerprint density at radius 2 is 2.05 bits per heavy atom. The minimum atomic E-state index is -0.0359. The number of nitrogens with zero attached hydrogens (tertiary/aromatic N) is 1. The van der Waals surface area contributed by atoms with Gasteiger partial charge in [-0.25, -0.2) is 5.43 Å². The Bertz CT molecular complexity index is 430. The third-order valence-electron chi connectivity index (χ3n) is 2.87. The zero-order valence-electron chi connectivity index (χ0n) is 12.4. The fourth-order valence-electron chi connectivity index (χ4n) is 1.82. The van der Waals surface area contributed by atoms with Gasteiger partial charge in [0.2, 0.25) is 5.91 Å². The lowest BCUT2D eigenvalue weighted by Crippen LogP contribution is -2.17. The van der Waals surface area contributed by atoms with Crippen LogP contribution in [-0.2, 0) is 4.79 Å². The van der Waals surface area contributed by atoms with E-state index in [2.05, 4.69) is 17.5 Å². The van der Waals surface area contributed by atoms with Gasteiger partial charge in [0.05, 0.1) is 12.8 Å². The van der Waals surface area contributed by atoms with E-state index in [0.29, 0.717) is 13.0 Å². The summed E-state index contributed by atoms with van der Waals surface area (Å²) in [4.78, 5) is 11.6. The van der Waals surface area contributed by atoms with Crippen LogP contribution in [-0.4, -0.2) is 18.7 Å². The van der Waals surface area contributed by atoms with Crippen molar-refractivity contribution in [3.8, 4) is 5.75 Å². The van der Waals surface area contributed by atoms with Crippen molar-refractivity contribution in [3.05, 3.63) is 29.8 Å². The van der Waals surface area contributed by atoms with Gasteiger partial charge in [-0.05, 0) is 25.5 Å². The fraction of sp³-hybridized carbons (Fsp3) is 0.500. The van der Waals surface area contributed by atoms with Crippen LogP contribution in [0.15, 0.2) is 29.4 Å². The van der Waals surface area contributed by atoms with Gasteiger partial charge in [-0.15, -0.1) is 0 Å². The topological polar surface area (TPSA) is 50.7 Å². The first-order chi connectivity index (χ1) is 9.77. The Morgan fingerprint density at radius 1 is 1.25 bits per heavy atom. The lowest BCUT2D eigenvalue weighted by Gasteiger charge is -2.05. The summed E-state index contributed by atoms with van der Waals surface area (Å²) in [6.07, 6.45) is 6.52. The number of hydrogen-bond donors (Lipinski definition) is 1. The van der Waals surface area contributed by atoms with E-state index in [0.717, 1.165) is 24.2 Å². The summed E-state index contributed by atoms with van der Waals surface area (Å²) in [6.45, 7) is 4.70. The number of unbranched alkanes of at least 4 members (excludes halogenated alkanes) is 3. The molecule has 0 aliphatic rings. The second-order valence-corrected chi connectivity index (χ2v) is 4.57. The van der Waals surface area contributed by atoms with E-state index in [1.54, 1.807) is 6.21 Å². The molecular formula is C16H24N2O2. The van der Waals surface area contributed by atoms with Gasteiger partial charge in [-0.2, -0.15) is 5.10 Å². The number of hydrazone groups is 1. The maximum Gasteiger partial charge on any atom is 0.240 e. The highest BCUT2D eigenvalue weighted by atomic mass is 16.5. The number of carbonyl (C=O) groups excluding carboxylic acids is 1. The Hall–Kier alpha value is -1.84. The summed E-state index contributed by atoms with van der Waals surface area (Å²) in [7, 11) is 0. The maximum atomic E-state index is 11.6. The predicted molar refractivity (Wildman–Crippen MR) is 82.1 cm³/mol. The van der Waals surface area contributed by atoms with Crippen molar-refractivity contribution in [1.29, 1.82) is 0 Å². The molecule has 4 heteroatoms. The van der Waals surface area contributed by atoms with E-state index >= 15 is 0 Å². The molecule has 1 rings (SSSR count). The van der Waals surface area contributed by atoms with E-state index in [1.165, 1.54) is 12.8 Å². The van der Waals surface area contributed by atoms with Crippen LogP contribution in [0.25, 0.3) is 0 Å². The van der Waals surface area contributed by atoms with Crippen LogP contribution in [0.1, 0.15) is 51.5 Å². The lowest BCUT2D eigenvalue weighted by molar-refractivity contribution is -0.121. The molecule has 0 aromatic heterocycles. The standard InChI is InChI=1S/C16H24N2O2/c1-3-5-6-7-12-16(19)18-17-13-14-10-8-9-11-15(14)20-4-2/h8-11,13H,3-7,12H2,1-2H3,(H,18,19)/b17-13+. The molecule has 1 N–H and O–H groups in total. The van der Waals surface area contributed by atoms with E-state index in [9.17, 15) is 4.79 Å². The summed E-state index contributed by atoms with van der Waals surface area (Å²) in [5, 5.41) is 3.98. The van der Waals surface area contributed by atoms with Gasteiger partial charge in [-0.1, -0.05) is 38.3 Å². The van der Waals surface area contributed by atoms with Crippen molar-refractivity contribution in [3.63, 3.8) is 0 Å². The highest BCUT2D eigenvalue weighted by Crippen LogP contribution is 2.15. The minimum absolute atomic E-state index is 0.0359. The van der Waals surface area contributed by atoms with E-state index in [1.807, 2.05) is 31.2 Å².